The molecule has 0 fully saturated rings. The molecule has 0 aliphatic carbocycles. The monoisotopic (exact) mass is 252 g/mol. The maximum absolute atomic E-state index is 13.2. The summed E-state index contributed by atoms with van der Waals surface area (Å²) in [7, 11) is 0. The molecule has 0 atom stereocenters. The molecular weight excluding hydrogens is 247 g/mol. The van der Waals surface area contributed by atoms with Gasteiger partial charge in [-0.05, 0) is 18.2 Å². The molecule has 5 nitrogen and oxygen atoms in total. The molecule has 2 aromatic heterocycles. The van der Waals surface area contributed by atoms with Crippen molar-refractivity contribution in [2.24, 2.45) is 0 Å². The normalized spacial score (nSPS) is 10.0. The van der Waals surface area contributed by atoms with Crippen LogP contribution in [0.3, 0.4) is 0 Å². The van der Waals surface area contributed by atoms with Gasteiger partial charge in [-0.25, -0.2) is 4.39 Å². The van der Waals surface area contributed by atoms with Crippen molar-refractivity contribution in [1.82, 2.24) is 15.2 Å². The van der Waals surface area contributed by atoms with E-state index in [9.17, 15) is 9.18 Å². The minimum Gasteiger partial charge on any atom is -0.305 e. The van der Waals surface area contributed by atoms with Gasteiger partial charge in [0.2, 0.25) is 0 Å². The lowest BCUT2D eigenvalue weighted by Crippen LogP contribution is -2.15. The van der Waals surface area contributed by atoms with Gasteiger partial charge < -0.3 is 5.32 Å². The fourth-order valence-electron chi connectivity index (χ4n) is 1.13. The Balaban J connectivity index is 2.17. The van der Waals surface area contributed by atoms with Crippen molar-refractivity contribution in [3.05, 3.63) is 47.1 Å². The predicted molar refractivity (Wildman–Crippen MR) is 59.2 cm³/mol. The highest BCUT2D eigenvalue weighted by molar-refractivity contribution is 6.29. The standard InChI is InChI=1S/C10H6ClFN4O/c11-8-1-2-9(16-15-8)14-10(17)6-3-4-13-5-7(6)12/h1-5H,(H,14,16,17). The van der Waals surface area contributed by atoms with Gasteiger partial charge in [-0.2, -0.15) is 0 Å². The highest BCUT2D eigenvalue weighted by Crippen LogP contribution is 2.10. The zero-order valence-corrected chi connectivity index (χ0v) is 9.15. The Bertz CT molecular complexity index is 546. The SMILES string of the molecule is O=C(Nc1ccc(Cl)nn1)c1ccncc1F. The van der Waals surface area contributed by atoms with Gasteiger partial charge in [-0.3, -0.25) is 9.78 Å². The molecule has 0 saturated carbocycles. The van der Waals surface area contributed by atoms with Crippen molar-refractivity contribution in [2.45, 2.75) is 0 Å². The van der Waals surface area contributed by atoms with Gasteiger partial charge in [0.1, 0.15) is 0 Å². The van der Waals surface area contributed by atoms with Crippen LogP contribution in [0.25, 0.3) is 0 Å². The maximum Gasteiger partial charge on any atom is 0.259 e. The number of rotatable bonds is 2. The van der Waals surface area contributed by atoms with Crippen LogP contribution in [0.5, 0.6) is 0 Å². The molecule has 1 amide bonds. The number of aromatic nitrogens is 3. The molecule has 86 valence electrons. The smallest absolute Gasteiger partial charge is 0.259 e. The number of carbonyl (C=O) groups is 1. The van der Waals surface area contributed by atoms with E-state index in [0.717, 1.165) is 6.20 Å². The summed E-state index contributed by atoms with van der Waals surface area (Å²) in [5.74, 6) is -1.14. The van der Waals surface area contributed by atoms with Crippen molar-refractivity contribution in [1.29, 1.82) is 0 Å². The second-order valence-corrected chi connectivity index (χ2v) is 3.44. The van der Waals surface area contributed by atoms with E-state index in [0.29, 0.717) is 0 Å². The van der Waals surface area contributed by atoms with E-state index in [4.69, 9.17) is 11.6 Å². The Morgan fingerprint density at radius 1 is 1.29 bits per heavy atom. The molecule has 17 heavy (non-hydrogen) atoms. The lowest BCUT2D eigenvalue weighted by Gasteiger charge is -2.03. The van der Waals surface area contributed by atoms with Crippen LogP contribution in [-0.4, -0.2) is 21.1 Å². The summed E-state index contributed by atoms with van der Waals surface area (Å²) in [6, 6.07) is 4.20. The third-order valence-electron chi connectivity index (χ3n) is 1.89. The van der Waals surface area contributed by atoms with Crippen LogP contribution < -0.4 is 5.32 Å². The van der Waals surface area contributed by atoms with Crippen molar-refractivity contribution >= 4 is 23.3 Å². The zero-order chi connectivity index (χ0) is 12.3. The van der Waals surface area contributed by atoms with Gasteiger partial charge in [0, 0.05) is 6.20 Å². The number of anilines is 1. The van der Waals surface area contributed by atoms with E-state index >= 15 is 0 Å². The van der Waals surface area contributed by atoms with Crippen LogP contribution in [0.2, 0.25) is 5.15 Å². The number of amides is 1. The first kappa shape index (κ1) is 11.4. The lowest BCUT2D eigenvalue weighted by atomic mass is 10.2. The first-order valence-corrected chi connectivity index (χ1v) is 4.95. The van der Waals surface area contributed by atoms with Crippen LogP contribution in [0, 0.1) is 5.82 Å². The van der Waals surface area contributed by atoms with Crippen LogP contribution in [-0.2, 0) is 0 Å². The van der Waals surface area contributed by atoms with Crippen molar-refractivity contribution in [3.8, 4) is 0 Å². The third kappa shape index (κ3) is 2.73. The first-order valence-electron chi connectivity index (χ1n) is 4.57. The van der Waals surface area contributed by atoms with Gasteiger partial charge in [0.25, 0.3) is 5.91 Å². The minimum absolute atomic E-state index is 0.114. The molecular formula is C10H6ClFN4O. The first-order chi connectivity index (χ1) is 8.16. The van der Waals surface area contributed by atoms with E-state index < -0.39 is 11.7 Å². The van der Waals surface area contributed by atoms with Gasteiger partial charge in [0.15, 0.2) is 16.8 Å². The molecule has 7 heteroatoms. The lowest BCUT2D eigenvalue weighted by molar-refractivity contribution is 0.102. The largest absolute Gasteiger partial charge is 0.305 e. The summed E-state index contributed by atoms with van der Waals surface area (Å²) >= 11 is 5.54. The summed E-state index contributed by atoms with van der Waals surface area (Å²) < 4.78 is 13.2. The summed E-state index contributed by atoms with van der Waals surface area (Å²) in [5, 5.41) is 9.76. The quantitative estimate of drug-likeness (QED) is 0.887. The number of pyridine rings is 1. The second-order valence-electron chi connectivity index (χ2n) is 3.05. The summed E-state index contributed by atoms with van der Waals surface area (Å²) in [6.45, 7) is 0. The minimum atomic E-state index is -0.702. The molecule has 0 aliphatic heterocycles. The molecule has 0 aliphatic rings. The molecule has 0 spiro atoms. The molecule has 0 bridgehead atoms. The van der Waals surface area contributed by atoms with E-state index in [2.05, 4.69) is 20.5 Å². The summed E-state index contributed by atoms with van der Waals surface area (Å²) in [6.07, 6.45) is 2.29. The van der Waals surface area contributed by atoms with E-state index in [1.165, 1.54) is 24.4 Å². The Morgan fingerprint density at radius 2 is 2.12 bits per heavy atom. The third-order valence-corrected chi connectivity index (χ3v) is 2.09. The molecule has 2 heterocycles. The number of hydrogen-bond acceptors (Lipinski definition) is 4. The average molecular weight is 253 g/mol. The Labute approximate surface area is 101 Å². The molecule has 0 saturated heterocycles. The van der Waals surface area contributed by atoms with Crippen LogP contribution in [0.4, 0.5) is 10.2 Å². The fraction of sp³-hybridized carbons (Fsp3) is 0. The maximum atomic E-state index is 13.2. The fourth-order valence-corrected chi connectivity index (χ4v) is 1.23. The van der Waals surface area contributed by atoms with Crippen molar-refractivity contribution in [2.75, 3.05) is 5.32 Å². The second kappa shape index (κ2) is 4.84. The Morgan fingerprint density at radius 3 is 2.76 bits per heavy atom. The molecule has 0 unspecified atom stereocenters. The number of nitrogens with zero attached hydrogens (tertiary/aromatic N) is 3. The van der Waals surface area contributed by atoms with Crippen LogP contribution >= 0.6 is 11.6 Å². The van der Waals surface area contributed by atoms with E-state index in [-0.39, 0.29) is 16.5 Å². The van der Waals surface area contributed by atoms with Gasteiger partial charge >= 0.3 is 0 Å². The summed E-state index contributed by atoms with van der Waals surface area (Å²) in [4.78, 5) is 15.2. The molecule has 1 N–H and O–H groups in total. The van der Waals surface area contributed by atoms with Crippen LogP contribution in [0.1, 0.15) is 10.4 Å². The molecule has 0 aromatic carbocycles. The molecule has 2 aromatic rings. The summed E-state index contributed by atoms with van der Waals surface area (Å²) in [5.41, 5.74) is -0.114. The Kier molecular flexibility index (Phi) is 3.24. The van der Waals surface area contributed by atoms with E-state index in [1.807, 2.05) is 0 Å². The number of carbonyl (C=O) groups excluding carboxylic acids is 1. The predicted octanol–water partition coefficient (Wildman–Crippen LogP) is 1.92. The van der Waals surface area contributed by atoms with Crippen LogP contribution in [0.15, 0.2) is 30.6 Å². The highest BCUT2D eigenvalue weighted by Gasteiger charge is 2.11. The molecule has 0 radical (unpaired) electrons. The van der Waals surface area contributed by atoms with Gasteiger partial charge in [0.05, 0.1) is 11.8 Å². The molecule has 2 rings (SSSR count). The van der Waals surface area contributed by atoms with Gasteiger partial charge in [-0.1, -0.05) is 11.6 Å². The Hall–Kier alpha value is -2.08. The zero-order valence-electron chi connectivity index (χ0n) is 8.39. The average Bonchev–Trinajstić information content (AvgIpc) is 2.32. The van der Waals surface area contributed by atoms with Crippen molar-refractivity contribution < 1.29 is 9.18 Å². The number of nitrogens with one attached hydrogen (secondary N) is 1. The topological polar surface area (TPSA) is 67.8 Å². The number of hydrogen-bond donors (Lipinski definition) is 1. The van der Waals surface area contributed by atoms with Crippen molar-refractivity contribution in [3.63, 3.8) is 0 Å². The van der Waals surface area contributed by atoms with E-state index in [1.54, 1.807) is 0 Å². The highest BCUT2D eigenvalue weighted by atomic mass is 35.5. The number of halogens is 2. The van der Waals surface area contributed by atoms with Gasteiger partial charge in [-0.15, -0.1) is 10.2 Å².